The number of hydrogen-bond donors (Lipinski definition) is 0. The van der Waals surface area contributed by atoms with Gasteiger partial charge >= 0.3 is 0 Å². The van der Waals surface area contributed by atoms with E-state index in [1.54, 1.807) is 6.20 Å². The zero-order valence-corrected chi connectivity index (χ0v) is 23.4. The Morgan fingerprint density at radius 3 is 2.02 bits per heavy atom. The zero-order valence-electron chi connectivity index (χ0n) is 23.4. The molecule has 4 atom stereocenters. The van der Waals surface area contributed by atoms with E-state index >= 15 is 0 Å². The van der Waals surface area contributed by atoms with Crippen LogP contribution in [-0.2, 0) is 0 Å². The molecular formula is C36H30N6. The molecule has 5 heterocycles. The first kappa shape index (κ1) is 23.6. The van der Waals surface area contributed by atoms with Crippen LogP contribution in [0.5, 0.6) is 0 Å². The smallest absolute Gasteiger partial charge is 0.178 e. The highest BCUT2D eigenvalue weighted by molar-refractivity contribution is 5.93. The monoisotopic (exact) mass is 546 g/mol. The topological polar surface area (TPSA) is 38.7 Å². The highest BCUT2D eigenvalue weighted by Gasteiger charge is 2.57. The van der Waals surface area contributed by atoms with Gasteiger partial charge < -0.3 is 19.6 Å². The molecule has 0 amide bonds. The van der Waals surface area contributed by atoms with Crippen LogP contribution in [0.4, 0.5) is 40.1 Å². The summed E-state index contributed by atoms with van der Waals surface area (Å²) in [6, 6.07) is 37.4. The number of fused-ring (bicyclic) bond motifs is 14. The summed E-state index contributed by atoms with van der Waals surface area (Å²) in [7, 11) is 2.18. The summed E-state index contributed by atoms with van der Waals surface area (Å²) >= 11 is 0. The van der Waals surface area contributed by atoms with E-state index < -0.39 is 0 Å². The minimum Gasteiger partial charge on any atom is -0.335 e. The molecule has 6 heteroatoms. The third kappa shape index (κ3) is 3.04. The lowest BCUT2D eigenvalue weighted by atomic mass is 9.72. The third-order valence-corrected chi connectivity index (χ3v) is 9.61. The van der Waals surface area contributed by atoms with Gasteiger partial charge in [0.05, 0.1) is 17.1 Å². The van der Waals surface area contributed by atoms with Gasteiger partial charge in [0.1, 0.15) is 12.3 Å². The van der Waals surface area contributed by atoms with E-state index in [1.165, 1.54) is 45.1 Å². The van der Waals surface area contributed by atoms with Gasteiger partial charge in [-0.15, -0.1) is 0 Å². The zero-order chi connectivity index (χ0) is 27.9. The van der Waals surface area contributed by atoms with Gasteiger partial charge in [-0.1, -0.05) is 73.3 Å². The Kier molecular flexibility index (Phi) is 4.89. The summed E-state index contributed by atoms with van der Waals surface area (Å²) in [5, 5.41) is 0. The minimum absolute atomic E-state index is 0.00777. The molecule has 0 fully saturated rings. The van der Waals surface area contributed by atoms with Gasteiger partial charge in [0, 0.05) is 48.2 Å². The number of benzene rings is 4. The van der Waals surface area contributed by atoms with Crippen LogP contribution in [0.25, 0.3) is 5.57 Å². The lowest BCUT2D eigenvalue weighted by Crippen LogP contribution is -2.60. The molecule has 0 spiro atoms. The molecule has 4 unspecified atom stereocenters. The Morgan fingerprint density at radius 2 is 1.24 bits per heavy atom. The highest BCUT2D eigenvalue weighted by atomic mass is 15.5. The fraction of sp³-hybridized carbons (Fsp3) is 0.167. The normalized spacial score (nSPS) is 23.1. The Morgan fingerprint density at radius 1 is 0.619 bits per heavy atom. The lowest BCUT2D eigenvalue weighted by Gasteiger charge is -2.52. The van der Waals surface area contributed by atoms with Crippen molar-refractivity contribution in [2.45, 2.75) is 24.7 Å². The molecule has 0 aliphatic carbocycles. The predicted octanol–water partition coefficient (Wildman–Crippen LogP) is 7.84. The van der Waals surface area contributed by atoms with Crippen LogP contribution >= 0.6 is 0 Å². The molecule has 6 nitrogen and oxygen atoms in total. The van der Waals surface area contributed by atoms with E-state index in [2.05, 4.69) is 130 Å². The molecule has 4 aliphatic heterocycles. The maximum atomic E-state index is 4.90. The summed E-state index contributed by atoms with van der Waals surface area (Å²) < 4.78 is 0. The second kappa shape index (κ2) is 8.70. The summed E-state index contributed by atoms with van der Waals surface area (Å²) in [6.45, 7) is 4.72. The van der Waals surface area contributed by atoms with Crippen molar-refractivity contribution in [2.24, 2.45) is 5.92 Å². The standard InChI is InChI=1S/C36H30N6/c1-23-22-27-26-15-7-9-17-29(26)42-34-33(37-20-21-38-34)39(2)35(42)32(27)36-40(24-12-4-3-5-13-24)30-18-10-11-19-31(30)41(36)28-16-8-6-14-25(23)28/h3-21,27,32,35-36H,1,22H2,2H3. The number of hydrogen-bond acceptors (Lipinski definition) is 6. The summed E-state index contributed by atoms with van der Waals surface area (Å²) in [5.74, 6) is 2.20. The highest BCUT2D eigenvalue weighted by Crippen LogP contribution is 2.61. The van der Waals surface area contributed by atoms with Crippen molar-refractivity contribution in [1.29, 1.82) is 0 Å². The van der Waals surface area contributed by atoms with Gasteiger partial charge in [0.25, 0.3) is 0 Å². The van der Waals surface area contributed by atoms with E-state index in [4.69, 9.17) is 16.5 Å². The molecular weight excluding hydrogens is 516 g/mol. The summed E-state index contributed by atoms with van der Waals surface area (Å²) in [4.78, 5) is 19.7. The molecule has 42 heavy (non-hydrogen) atoms. The van der Waals surface area contributed by atoms with Crippen molar-refractivity contribution in [1.82, 2.24) is 9.97 Å². The molecule has 4 aliphatic rings. The van der Waals surface area contributed by atoms with Gasteiger partial charge in [0.2, 0.25) is 0 Å². The molecule has 0 N–H and O–H groups in total. The molecule has 0 bridgehead atoms. The second-order valence-corrected chi connectivity index (χ2v) is 11.6. The molecule has 0 saturated carbocycles. The van der Waals surface area contributed by atoms with Crippen molar-refractivity contribution in [3.05, 3.63) is 133 Å². The average Bonchev–Trinajstić information content (AvgIpc) is 3.53. The maximum Gasteiger partial charge on any atom is 0.178 e. The molecule has 9 rings (SSSR count). The number of rotatable bonds is 1. The van der Waals surface area contributed by atoms with Crippen molar-refractivity contribution >= 4 is 45.6 Å². The van der Waals surface area contributed by atoms with E-state index in [-0.39, 0.29) is 24.2 Å². The van der Waals surface area contributed by atoms with Crippen molar-refractivity contribution in [3.8, 4) is 0 Å². The average molecular weight is 547 g/mol. The van der Waals surface area contributed by atoms with E-state index in [0.29, 0.717) is 0 Å². The van der Waals surface area contributed by atoms with Gasteiger partial charge in [0.15, 0.2) is 11.6 Å². The number of nitrogens with zero attached hydrogens (tertiary/aromatic N) is 6. The number of para-hydroxylation sites is 5. The Labute approximate surface area is 245 Å². The van der Waals surface area contributed by atoms with Crippen LogP contribution in [0, 0.1) is 5.92 Å². The van der Waals surface area contributed by atoms with Crippen LogP contribution in [0.2, 0.25) is 0 Å². The van der Waals surface area contributed by atoms with E-state index in [1.807, 2.05) is 6.20 Å². The third-order valence-electron chi connectivity index (χ3n) is 9.61. The number of allylic oxidation sites excluding steroid dienone is 1. The van der Waals surface area contributed by atoms with Crippen molar-refractivity contribution in [3.63, 3.8) is 0 Å². The SMILES string of the molecule is C=C1CC2c3ccccc3N3c4nccnc4N(C)C3C2C2N(c3ccccc3)c3ccccc3N2c2ccccc21. The van der Waals surface area contributed by atoms with Crippen LogP contribution in [-0.4, -0.2) is 29.3 Å². The van der Waals surface area contributed by atoms with Gasteiger partial charge in [-0.2, -0.15) is 0 Å². The largest absolute Gasteiger partial charge is 0.335 e. The minimum atomic E-state index is -0.0123. The molecule has 5 aromatic rings. The Bertz CT molecular complexity index is 1870. The van der Waals surface area contributed by atoms with Crippen LogP contribution in [0.3, 0.4) is 0 Å². The fourth-order valence-corrected chi connectivity index (χ4v) is 8.02. The second-order valence-electron chi connectivity index (χ2n) is 11.6. The molecule has 1 aromatic heterocycles. The molecule has 0 saturated heterocycles. The van der Waals surface area contributed by atoms with Crippen molar-refractivity contribution in [2.75, 3.05) is 26.6 Å². The van der Waals surface area contributed by atoms with Gasteiger partial charge in [-0.3, -0.25) is 0 Å². The summed E-state index contributed by atoms with van der Waals surface area (Å²) in [5.41, 5.74) is 9.77. The number of anilines is 7. The first-order valence-electron chi connectivity index (χ1n) is 14.6. The first-order chi connectivity index (χ1) is 20.7. The molecule has 0 radical (unpaired) electrons. The Balaban J connectivity index is 1.38. The fourth-order valence-electron chi connectivity index (χ4n) is 8.02. The van der Waals surface area contributed by atoms with Crippen LogP contribution < -0.4 is 19.6 Å². The quantitative estimate of drug-likeness (QED) is 0.213. The van der Waals surface area contributed by atoms with Gasteiger partial charge in [-0.25, -0.2) is 9.97 Å². The van der Waals surface area contributed by atoms with E-state index in [0.717, 1.165) is 18.1 Å². The maximum absolute atomic E-state index is 4.90. The van der Waals surface area contributed by atoms with Crippen LogP contribution in [0.15, 0.2) is 122 Å². The molecule has 204 valence electrons. The number of aromatic nitrogens is 2. The van der Waals surface area contributed by atoms with Crippen LogP contribution in [0.1, 0.15) is 23.5 Å². The first-order valence-corrected chi connectivity index (χ1v) is 14.6. The predicted molar refractivity (Wildman–Crippen MR) is 170 cm³/mol. The summed E-state index contributed by atoms with van der Waals surface area (Å²) in [6.07, 6.45) is 4.49. The van der Waals surface area contributed by atoms with Gasteiger partial charge in [-0.05, 0) is 54.0 Å². The lowest BCUT2D eigenvalue weighted by molar-refractivity contribution is 0.286. The van der Waals surface area contributed by atoms with Crippen molar-refractivity contribution < 1.29 is 0 Å². The molecule has 4 aromatic carbocycles. The Hall–Kier alpha value is -5.10. The van der Waals surface area contributed by atoms with E-state index in [9.17, 15) is 0 Å².